The van der Waals surface area contributed by atoms with Crippen molar-refractivity contribution in [1.29, 1.82) is 0 Å². The van der Waals surface area contributed by atoms with Crippen molar-refractivity contribution in [3.8, 4) is 11.5 Å². The summed E-state index contributed by atoms with van der Waals surface area (Å²) in [5.41, 5.74) is 0.872. The molecule has 0 unspecified atom stereocenters. The number of hydrogen-bond donors (Lipinski definition) is 2. The molecule has 23 heavy (non-hydrogen) atoms. The summed E-state index contributed by atoms with van der Waals surface area (Å²) in [6, 6.07) is 5.63. The third-order valence-corrected chi connectivity index (χ3v) is 3.25. The van der Waals surface area contributed by atoms with Crippen LogP contribution in [0, 0.1) is 5.92 Å². The fourth-order valence-electron chi connectivity index (χ4n) is 1.89. The molecule has 0 aliphatic rings. The molecule has 0 radical (unpaired) electrons. The number of hydrogen-bond acceptors (Lipinski definition) is 4. The zero-order chi connectivity index (χ0) is 17.1. The maximum atomic E-state index is 5.57. The van der Waals surface area contributed by atoms with Gasteiger partial charge in [0.1, 0.15) is 0 Å². The number of nitrogens with one attached hydrogen (secondary N) is 2. The highest BCUT2D eigenvalue weighted by Crippen LogP contribution is 2.29. The zero-order valence-electron chi connectivity index (χ0n) is 14.8. The standard InChI is InChI=1S/C17H29N3O3/c1-13(2)8-10-23-11-9-19-17(18-3)20-14-6-7-15(21-4)16(12-14)22-5/h6-7,12-13H,8-11H2,1-5H3,(H2,18,19,20). The first-order valence-electron chi connectivity index (χ1n) is 7.88. The van der Waals surface area contributed by atoms with Gasteiger partial charge in [-0.15, -0.1) is 0 Å². The van der Waals surface area contributed by atoms with Gasteiger partial charge in [0.2, 0.25) is 0 Å². The number of aliphatic imine (C=N–C) groups is 1. The van der Waals surface area contributed by atoms with Crippen molar-refractivity contribution < 1.29 is 14.2 Å². The molecule has 0 saturated carbocycles. The first-order valence-corrected chi connectivity index (χ1v) is 7.88. The molecule has 0 aliphatic carbocycles. The van der Waals surface area contributed by atoms with E-state index in [0.717, 1.165) is 18.7 Å². The highest BCUT2D eigenvalue weighted by molar-refractivity contribution is 5.93. The van der Waals surface area contributed by atoms with E-state index in [1.807, 2.05) is 18.2 Å². The molecule has 0 spiro atoms. The average molecular weight is 323 g/mol. The molecule has 1 aromatic carbocycles. The maximum Gasteiger partial charge on any atom is 0.195 e. The first kappa shape index (κ1) is 19.1. The van der Waals surface area contributed by atoms with Gasteiger partial charge in [-0.2, -0.15) is 0 Å². The van der Waals surface area contributed by atoms with Crippen LogP contribution in [0.3, 0.4) is 0 Å². The van der Waals surface area contributed by atoms with Gasteiger partial charge in [0.15, 0.2) is 17.5 Å². The molecular weight excluding hydrogens is 294 g/mol. The van der Waals surface area contributed by atoms with Gasteiger partial charge >= 0.3 is 0 Å². The lowest BCUT2D eigenvalue weighted by Gasteiger charge is -2.14. The summed E-state index contributed by atoms with van der Waals surface area (Å²) in [6.07, 6.45) is 1.08. The van der Waals surface area contributed by atoms with E-state index in [-0.39, 0.29) is 0 Å². The van der Waals surface area contributed by atoms with Crippen molar-refractivity contribution in [1.82, 2.24) is 5.32 Å². The molecule has 0 bridgehead atoms. The Hall–Kier alpha value is -1.95. The Morgan fingerprint density at radius 1 is 1.13 bits per heavy atom. The molecule has 1 rings (SSSR count). The Morgan fingerprint density at radius 3 is 2.48 bits per heavy atom. The Bertz CT molecular complexity index is 490. The van der Waals surface area contributed by atoms with Crippen LogP contribution in [0.4, 0.5) is 5.69 Å². The molecule has 0 amide bonds. The van der Waals surface area contributed by atoms with Crippen molar-refractivity contribution in [2.45, 2.75) is 20.3 Å². The van der Waals surface area contributed by atoms with Gasteiger partial charge in [0, 0.05) is 32.0 Å². The van der Waals surface area contributed by atoms with Crippen LogP contribution in [-0.4, -0.2) is 47.0 Å². The quantitative estimate of drug-likeness (QED) is 0.416. The van der Waals surface area contributed by atoms with Crippen molar-refractivity contribution in [2.24, 2.45) is 10.9 Å². The molecule has 6 nitrogen and oxygen atoms in total. The van der Waals surface area contributed by atoms with Crippen LogP contribution in [0.15, 0.2) is 23.2 Å². The SMILES string of the molecule is CN=C(NCCOCCC(C)C)Nc1ccc(OC)c(OC)c1. The summed E-state index contributed by atoms with van der Waals surface area (Å²) in [5, 5.41) is 6.43. The summed E-state index contributed by atoms with van der Waals surface area (Å²) in [5.74, 6) is 2.72. The van der Waals surface area contributed by atoms with Crippen molar-refractivity contribution in [3.05, 3.63) is 18.2 Å². The van der Waals surface area contributed by atoms with Gasteiger partial charge in [-0.3, -0.25) is 4.99 Å². The molecule has 0 aliphatic heterocycles. The molecule has 0 saturated heterocycles. The Morgan fingerprint density at radius 2 is 1.87 bits per heavy atom. The predicted molar refractivity (Wildman–Crippen MR) is 94.8 cm³/mol. The maximum absolute atomic E-state index is 5.57. The molecule has 1 aromatic rings. The number of methoxy groups -OCH3 is 2. The largest absolute Gasteiger partial charge is 0.493 e. The van der Waals surface area contributed by atoms with Gasteiger partial charge < -0.3 is 24.8 Å². The van der Waals surface area contributed by atoms with Crippen LogP contribution in [0.5, 0.6) is 11.5 Å². The molecular formula is C17H29N3O3. The van der Waals surface area contributed by atoms with E-state index < -0.39 is 0 Å². The zero-order valence-corrected chi connectivity index (χ0v) is 14.8. The summed E-state index contributed by atoms with van der Waals surface area (Å²) in [4.78, 5) is 4.19. The normalized spacial score (nSPS) is 11.5. The number of guanidine groups is 1. The van der Waals surface area contributed by atoms with Gasteiger partial charge in [-0.1, -0.05) is 13.8 Å². The van der Waals surface area contributed by atoms with Gasteiger partial charge in [0.25, 0.3) is 0 Å². The third-order valence-electron chi connectivity index (χ3n) is 3.25. The smallest absolute Gasteiger partial charge is 0.195 e. The lowest BCUT2D eigenvalue weighted by molar-refractivity contribution is 0.128. The van der Waals surface area contributed by atoms with E-state index >= 15 is 0 Å². The second kappa shape index (κ2) is 10.7. The molecule has 130 valence electrons. The van der Waals surface area contributed by atoms with E-state index in [1.54, 1.807) is 21.3 Å². The molecule has 6 heteroatoms. The van der Waals surface area contributed by atoms with Crippen molar-refractivity contribution >= 4 is 11.6 Å². The Kier molecular flexibility index (Phi) is 8.90. The van der Waals surface area contributed by atoms with Crippen LogP contribution in [-0.2, 0) is 4.74 Å². The number of anilines is 1. The summed E-state index contributed by atoms with van der Waals surface area (Å²) in [7, 11) is 4.96. The van der Waals surface area contributed by atoms with Crippen LogP contribution in [0.25, 0.3) is 0 Å². The van der Waals surface area contributed by atoms with E-state index in [4.69, 9.17) is 14.2 Å². The summed E-state index contributed by atoms with van der Waals surface area (Å²) in [6.45, 7) is 6.53. The Balaban J connectivity index is 2.42. The molecule has 2 N–H and O–H groups in total. The summed E-state index contributed by atoms with van der Waals surface area (Å²) < 4.78 is 16.1. The number of ether oxygens (including phenoxy) is 3. The molecule has 0 atom stereocenters. The van der Waals surface area contributed by atoms with Crippen LogP contribution >= 0.6 is 0 Å². The second-order valence-electron chi connectivity index (χ2n) is 5.49. The van der Waals surface area contributed by atoms with Crippen LogP contribution in [0.1, 0.15) is 20.3 Å². The topological polar surface area (TPSA) is 64.1 Å². The highest BCUT2D eigenvalue weighted by atomic mass is 16.5. The minimum atomic E-state index is 0.652. The van der Waals surface area contributed by atoms with Crippen molar-refractivity contribution in [2.75, 3.05) is 46.3 Å². The van der Waals surface area contributed by atoms with Gasteiger partial charge in [-0.25, -0.2) is 0 Å². The van der Waals surface area contributed by atoms with Gasteiger partial charge in [-0.05, 0) is 24.5 Å². The minimum absolute atomic E-state index is 0.652. The van der Waals surface area contributed by atoms with Gasteiger partial charge in [0.05, 0.1) is 20.8 Å². The highest BCUT2D eigenvalue weighted by Gasteiger charge is 2.06. The van der Waals surface area contributed by atoms with Crippen LogP contribution in [0.2, 0.25) is 0 Å². The fourth-order valence-corrected chi connectivity index (χ4v) is 1.89. The average Bonchev–Trinajstić information content (AvgIpc) is 2.56. The molecule has 0 heterocycles. The lowest BCUT2D eigenvalue weighted by atomic mass is 10.1. The van der Waals surface area contributed by atoms with E-state index in [1.165, 1.54) is 0 Å². The Labute approximate surface area is 139 Å². The first-order chi connectivity index (χ1) is 11.1. The fraction of sp³-hybridized carbons (Fsp3) is 0.588. The number of nitrogens with zero attached hydrogens (tertiary/aromatic N) is 1. The molecule has 0 fully saturated rings. The third kappa shape index (κ3) is 7.23. The number of rotatable bonds is 9. The summed E-state index contributed by atoms with van der Waals surface area (Å²) >= 11 is 0. The van der Waals surface area contributed by atoms with Crippen molar-refractivity contribution in [3.63, 3.8) is 0 Å². The van der Waals surface area contributed by atoms with Crippen LogP contribution < -0.4 is 20.1 Å². The molecule has 0 aromatic heterocycles. The predicted octanol–water partition coefficient (Wildman–Crippen LogP) is 2.75. The van der Waals surface area contributed by atoms with E-state index in [0.29, 0.717) is 36.5 Å². The minimum Gasteiger partial charge on any atom is -0.493 e. The second-order valence-corrected chi connectivity index (χ2v) is 5.49. The lowest BCUT2D eigenvalue weighted by Crippen LogP contribution is -2.33. The number of benzene rings is 1. The monoisotopic (exact) mass is 323 g/mol. The van der Waals surface area contributed by atoms with E-state index in [2.05, 4.69) is 29.5 Å². The van der Waals surface area contributed by atoms with E-state index in [9.17, 15) is 0 Å².